The zero-order valence-electron chi connectivity index (χ0n) is 15.5. The molecule has 0 fully saturated rings. The third kappa shape index (κ3) is 4.87. The molecule has 1 heterocycles. The number of ether oxygens (including phenoxy) is 2. The van der Waals surface area contributed by atoms with Gasteiger partial charge in [0.25, 0.3) is 5.91 Å². The van der Waals surface area contributed by atoms with Gasteiger partial charge in [0.2, 0.25) is 6.10 Å². The van der Waals surface area contributed by atoms with E-state index in [1.165, 1.54) is 18.0 Å². The Morgan fingerprint density at radius 2 is 1.97 bits per heavy atom. The number of benzene rings is 2. The minimum atomic E-state index is -4.50. The van der Waals surface area contributed by atoms with E-state index in [0.29, 0.717) is 11.3 Å². The van der Waals surface area contributed by atoms with Crippen LogP contribution in [-0.2, 0) is 11.0 Å². The Bertz CT molecular complexity index is 908. The summed E-state index contributed by atoms with van der Waals surface area (Å²) in [6.45, 7) is 1.44. The Kier molecular flexibility index (Phi) is 6.11. The number of alkyl halides is 3. The lowest BCUT2D eigenvalue weighted by Crippen LogP contribution is -2.44. The molecule has 3 rings (SSSR count). The normalized spacial score (nSPS) is 16.8. The van der Waals surface area contributed by atoms with Crippen LogP contribution < -0.4 is 19.5 Å². The van der Waals surface area contributed by atoms with Crippen LogP contribution in [0, 0.1) is 5.82 Å². The Labute approximate surface area is 168 Å². The van der Waals surface area contributed by atoms with Gasteiger partial charge in [0, 0.05) is 6.26 Å². The zero-order valence-corrected chi connectivity index (χ0v) is 16.3. The van der Waals surface area contributed by atoms with Crippen LogP contribution in [0.1, 0.15) is 24.1 Å². The molecule has 0 spiro atoms. The van der Waals surface area contributed by atoms with Crippen LogP contribution >= 0.6 is 11.9 Å². The molecule has 2 aromatic rings. The molecule has 1 amide bonds. The van der Waals surface area contributed by atoms with Crippen molar-refractivity contribution in [1.29, 1.82) is 0 Å². The summed E-state index contributed by atoms with van der Waals surface area (Å²) >= 11 is 1.26. The van der Waals surface area contributed by atoms with Gasteiger partial charge in [-0.25, -0.2) is 4.39 Å². The van der Waals surface area contributed by atoms with Gasteiger partial charge in [0.15, 0.2) is 11.5 Å². The maximum Gasteiger partial charge on any atom is 0.416 e. The molecule has 1 aliphatic rings. The van der Waals surface area contributed by atoms with Gasteiger partial charge in [-0.2, -0.15) is 13.2 Å². The average Bonchev–Trinajstić information content (AvgIpc) is 2.68. The third-order valence-electron chi connectivity index (χ3n) is 4.29. The number of nitrogens with one attached hydrogen (secondary N) is 2. The summed E-state index contributed by atoms with van der Waals surface area (Å²) in [4.78, 5) is 12.5. The van der Waals surface area contributed by atoms with Crippen LogP contribution in [-0.4, -0.2) is 24.9 Å². The van der Waals surface area contributed by atoms with Crippen molar-refractivity contribution in [1.82, 2.24) is 5.32 Å². The summed E-state index contributed by atoms with van der Waals surface area (Å²) in [5.74, 6) is -0.995. The number of anilines is 1. The third-order valence-corrected chi connectivity index (χ3v) is 4.71. The Morgan fingerprint density at radius 1 is 1.21 bits per heavy atom. The summed E-state index contributed by atoms with van der Waals surface area (Å²) in [5.41, 5.74) is 0.0193. The predicted octanol–water partition coefficient (Wildman–Crippen LogP) is 4.55. The second-order valence-corrected chi connectivity index (χ2v) is 6.96. The molecular formula is C19H18F4N2O3S. The Balaban J connectivity index is 1.65. The summed E-state index contributed by atoms with van der Waals surface area (Å²) in [6.07, 6.45) is -3.77. The molecule has 0 saturated carbocycles. The van der Waals surface area contributed by atoms with Crippen molar-refractivity contribution in [3.8, 4) is 11.5 Å². The molecule has 0 radical (unpaired) electrons. The minimum absolute atomic E-state index is 0.0515. The van der Waals surface area contributed by atoms with Gasteiger partial charge in [-0.3, -0.25) is 4.79 Å². The van der Waals surface area contributed by atoms with Crippen molar-refractivity contribution in [2.75, 3.05) is 17.6 Å². The Morgan fingerprint density at radius 3 is 2.62 bits per heavy atom. The molecule has 10 heteroatoms. The molecule has 2 N–H and O–H groups in total. The first-order valence-electron chi connectivity index (χ1n) is 8.58. The van der Waals surface area contributed by atoms with Crippen LogP contribution in [0.15, 0.2) is 36.4 Å². The maximum absolute atomic E-state index is 14.1. The number of hydrogen-bond acceptors (Lipinski definition) is 5. The maximum atomic E-state index is 14.1. The highest BCUT2D eigenvalue weighted by atomic mass is 32.2. The van der Waals surface area contributed by atoms with E-state index in [1.807, 2.05) is 0 Å². The van der Waals surface area contributed by atoms with E-state index in [-0.39, 0.29) is 18.1 Å². The molecule has 0 aromatic heterocycles. The highest BCUT2D eigenvalue weighted by Gasteiger charge is 2.34. The molecule has 5 nitrogen and oxygen atoms in total. The molecule has 0 saturated heterocycles. The number of fused-ring (bicyclic) bond motifs is 1. The van der Waals surface area contributed by atoms with Crippen molar-refractivity contribution in [3.05, 3.63) is 53.3 Å². The second-order valence-electron chi connectivity index (χ2n) is 6.35. The van der Waals surface area contributed by atoms with E-state index in [4.69, 9.17) is 9.47 Å². The molecule has 2 atom stereocenters. The van der Waals surface area contributed by atoms with Crippen molar-refractivity contribution in [2.24, 2.45) is 0 Å². The molecule has 0 bridgehead atoms. The highest BCUT2D eigenvalue weighted by Crippen LogP contribution is 2.38. The predicted molar refractivity (Wildman–Crippen MR) is 101 cm³/mol. The number of hydrogen-bond donors (Lipinski definition) is 2. The molecular weight excluding hydrogens is 412 g/mol. The van der Waals surface area contributed by atoms with Gasteiger partial charge in [0.1, 0.15) is 12.4 Å². The average molecular weight is 430 g/mol. The standard InChI is InChI=1S/C19H18F4N2O3S/c1-10(11-3-5-14(25-29-2)13(20)7-11)24-18(26)17-9-27-16-8-12(19(21,22)23)4-6-15(16)28-17/h3-8,10,17,25H,9H2,1-2H3,(H,24,26). The largest absolute Gasteiger partial charge is 0.485 e. The molecule has 2 aromatic carbocycles. The summed E-state index contributed by atoms with van der Waals surface area (Å²) in [7, 11) is 0. The van der Waals surface area contributed by atoms with E-state index < -0.39 is 35.6 Å². The van der Waals surface area contributed by atoms with Gasteiger partial charge in [0.05, 0.1) is 17.3 Å². The minimum Gasteiger partial charge on any atom is -0.485 e. The van der Waals surface area contributed by atoms with Gasteiger partial charge in [-0.05, 0) is 42.8 Å². The van der Waals surface area contributed by atoms with Crippen molar-refractivity contribution in [3.63, 3.8) is 0 Å². The molecule has 2 unspecified atom stereocenters. The quantitative estimate of drug-likeness (QED) is 0.538. The number of halogens is 4. The SMILES string of the molecule is CSNc1ccc(C(C)NC(=O)C2COc3cc(C(F)(F)F)ccc3O2)cc1F. The zero-order chi connectivity index (χ0) is 21.2. The first-order chi connectivity index (χ1) is 13.7. The lowest BCUT2D eigenvalue weighted by atomic mass is 10.1. The van der Waals surface area contributed by atoms with Crippen molar-refractivity contribution < 1.29 is 31.8 Å². The van der Waals surface area contributed by atoms with Crippen molar-refractivity contribution in [2.45, 2.75) is 25.2 Å². The number of amides is 1. The van der Waals surface area contributed by atoms with Gasteiger partial charge < -0.3 is 19.5 Å². The summed E-state index contributed by atoms with van der Waals surface area (Å²) in [5, 5.41) is 2.69. The van der Waals surface area contributed by atoms with E-state index in [0.717, 1.165) is 18.2 Å². The van der Waals surface area contributed by atoms with Crippen LogP contribution in [0.5, 0.6) is 11.5 Å². The lowest BCUT2D eigenvalue weighted by molar-refractivity contribution is -0.138. The fourth-order valence-electron chi connectivity index (χ4n) is 2.76. The fraction of sp³-hybridized carbons (Fsp3) is 0.316. The van der Waals surface area contributed by atoms with E-state index in [9.17, 15) is 22.4 Å². The van der Waals surface area contributed by atoms with Crippen LogP contribution in [0.4, 0.5) is 23.2 Å². The number of carbonyl (C=O) groups is 1. The van der Waals surface area contributed by atoms with Gasteiger partial charge >= 0.3 is 6.18 Å². The van der Waals surface area contributed by atoms with Crippen LogP contribution in [0.25, 0.3) is 0 Å². The van der Waals surface area contributed by atoms with E-state index in [1.54, 1.807) is 25.3 Å². The van der Waals surface area contributed by atoms with Crippen LogP contribution in [0.3, 0.4) is 0 Å². The number of carbonyl (C=O) groups excluding carboxylic acids is 1. The lowest BCUT2D eigenvalue weighted by Gasteiger charge is -2.27. The van der Waals surface area contributed by atoms with Gasteiger partial charge in [-0.1, -0.05) is 18.0 Å². The first kappa shape index (κ1) is 21.1. The first-order valence-corrected chi connectivity index (χ1v) is 9.81. The molecule has 156 valence electrons. The van der Waals surface area contributed by atoms with E-state index >= 15 is 0 Å². The monoisotopic (exact) mass is 430 g/mol. The highest BCUT2D eigenvalue weighted by molar-refractivity contribution is 7.99. The fourth-order valence-corrected chi connectivity index (χ4v) is 3.15. The van der Waals surface area contributed by atoms with Crippen molar-refractivity contribution >= 4 is 23.5 Å². The second kappa shape index (κ2) is 8.40. The van der Waals surface area contributed by atoms with Gasteiger partial charge in [-0.15, -0.1) is 0 Å². The van der Waals surface area contributed by atoms with E-state index in [2.05, 4.69) is 10.0 Å². The molecule has 29 heavy (non-hydrogen) atoms. The summed E-state index contributed by atoms with van der Waals surface area (Å²) in [6, 6.07) is 6.86. The van der Waals surface area contributed by atoms with Crippen LogP contribution in [0.2, 0.25) is 0 Å². The smallest absolute Gasteiger partial charge is 0.416 e. The summed E-state index contributed by atoms with van der Waals surface area (Å²) < 4.78 is 65.9. The Hall–Kier alpha value is -2.62. The number of rotatable bonds is 5. The molecule has 1 aliphatic heterocycles. The topological polar surface area (TPSA) is 59.6 Å². The molecule has 0 aliphatic carbocycles.